The lowest BCUT2D eigenvalue weighted by atomic mass is 10.1. The van der Waals surface area contributed by atoms with Crippen LogP contribution in [-0.4, -0.2) is 34.9 Å². The first kappa shape index (κ1) is 14.0. The second kappa shape index (κ2) is 5.49. The minimum Gasteiger partial charge on any atom is -0.393 e. The molecule has 0 aliphatic heterocycles. The minimum absolute atomic E-state index is 0.0351. The number of benzene rings is 1. The lowest BCUT2D eigenvalue weighted by Gasteiger charge is -2.20. The third-order valence-electron chi connectivity index (χ3n) is 2.41. The normalized spacial score (nSPS) is 14.2. The van der Waals surface area contributed by atoms with E-state index in [1.807, 2.05) is 13.0 Å². The summed E-state index contributed by atoms with van der Waals surface area (Å²) in [6, 6.07) is 5.15. The van der Waals surface area contributed by atoms with Gasteiger partial charge in [0, 0.05) is 6.54 Å². The Labute approximate surface area is 105 Å². The van der Waals surface area contributed by atoms with E-state index >= 15 is 0 Å². The van der Waals surface area contributed by atoms with E-state index in [0.29, 0.717) is 10.6 Å². The number of aliphatic hydroxyl groups excluding tert-OH is 1. The summed E-state index contributed by atoms with van der Waals surface area (Å²) in [6.45, 7) is 2.79. The standard InChI is InChI=1S/C12H16ClNO3/c1-8-4-3-5-9(10(8)13)11(16)14-6-12(2,17)7-15/h3-5,15,17H,6-7H2,1-2H3,(H,14,16). The van der Waals surface area contributed by atoms with Gasteiger partial charge in [-0.15, -0.1) is 0 Å². The Hall–Kier alpha value is -1.10. The highest BCUT2D eigenvalue weighted by atomic mass is 35.5. The first-order valence-corrected chi connectivity index (χ1v) is 5.62. The number of rotatable bonds is 4. The van der Waals surface area contributed by atoms with Gasteiger partial charge in [0.25, 0.3) is 5.91 Å². The molecule has 0 spiro atoms. The van der Waals surface area contributed by atoms with Gasteiger partial charge in [-0.1, -0.05) is 23.7 Å². The molecule has 4 nitrogen and oxygen atoms in total. The largest absolute Gasteiger partial charge is 0.393 e. The van der Waals surface area contributed by atoms with Crippen molar-refractivity contribution in [3.63, 3.8) is 0 Å². The lowest BCUT2D eigenvalue weighted by Crippen LogP contribution is -2.43. The Morgan fingerprint density at radius 3 is 2.76 bits per heavy atom. The number of carbonyl (C=O) groups excluding carboxylic acids is 1. The smallest absolute Gasteiger partial charge is 0.252 e. The summed E-state index contributed by atoms with van der Waals surface area (Å²) >= 11 is 6.00. The number of hydrogen-bond donors (Lipinski definition) is 3. The maximum Gasteiger partial charge on any atom is 0.252 e. The molecular formula is C12H16ClNO3. The molecule has 1 rings (SSSR count). The first-order valence-electron chi connectivity index (χ1n) is 5.24. The monoisotopic (exact) mass is 257 g/mol. The van der Waals surface area contributed by atoms with E-state index in [2.05, 4.69) is 5.32 Å². The Bertz CT molecular complexity index is 418. The fraction of sp³-hybridized carbons (Fsp3) is 0.417. The molecule has 1 amide bonds. The van der Waals surface area contributed by atoms with E-state index in [1.165, 1.54) is 6.92 Å². The van der Waals surface area contributed by atoms with E-state index in [9.17, 15) is 9.90 Å². The second-order valence-electron chi connectivity index (χ2n) is 4.27. The molecule has 0 bridgehead atoms. The number of aliphatic hydroxyl groups is 2. The molecule has 0 saturated heterocycles. The van der Waals surface area contributed by atoms with Gasteiger partial charge in [-0.25, -0.2) is 0 Å². The third-order valence-corrected chi connectivity index (χ3v) is 2.91. The molecule has 94 valence electrons. The van der Waals surface area contributed by atoms with Crippen molar-refractivity contribution < 1.29 is 15.0 Å². The predicted octanol–water partition coefficient (Wildman–Crippen LogP) is 1.12. The molecule has 1 unspecified atom stereocenters. The van der Waals surface area contributed by atoms with Crippen LogP contribution in [0.3, 0.4) is 0 Å². The van der Waals surface area contributed by atoms with Crippen molar-refractivity contribution in [2.75, 3.05) is 13.2 Å². The lowest BCUT2D eigenvalue weighted by molar-refractivity contribution is 0.00320. The summed E-state index contributed by atoms with van der Waals surface area (Å²) in [5.41, 5.74) is -0.153. The van der Waals surface area contributed by atoms with Crippen LogP contribution in [0.4, 0.5) is 0 Å². The van der Waals surface area contributed by atoms with Gasteiger partial charge >= 0.3 is 0 Å². The summed E-state index contributed by atoms with van der Waals surface area (Å²) in [5.74, 6) is -0.368. The van der Waals surface area contributed by atoms with Gasteiger partial charge in [0.15, 0.2) is 0 Å². The highest BCUT2D eigenvalue weighted by molar-refractivity contribution is 6.34. The van der Waals surface area contributed by atoms with Crippen molar-refractivity contribution in [3.05, 3.63) is 34.3 Å². The van der Waals surface area contributed by atoms with Crippen LogP contribution in [-0.2, 0) is 0 Å². The minimum atomic E-state index is -1.33. The number of nitrogens with one attached hydrogen (secondary N) is 1. The zero-order chi connectivity index (χ0) is 13.1. The molecule has 0 radical (unpaired) electrons. The van der Waals surface area contributed by atoms with Crippen LogP contribution in [0.1, 0.15) is 22.8 Å². The molecule has 0 aromatic heterocycles. The molecular weight excluding hydrogens is 242 g/mol. The van der Waals surface area contributed by atoms with E-state index in [1.54, 1.807) is 12.1 Å². The van der Waals surface area contributed by atoms with Crippen LogP contribution >= 0.6 is 11.6 Å². The van der Waals surface area contributed by atoms with Gasteiger partial charge < -0.3 is 15.5 Å². The maximum atomic E-state index is 11.8. The van der Waals surface area contributed by atoms with Gasteiger partial charge in [0.05, 0.1) is 17.2 Å². The fourth-order valence-electron chi connectivity index (χ4n) is 1.24. The van der Waals surface area contributed by atoms with Crippen molar-refractivity contribution in [2.45, 2.75) is 19.4 Å². The molecule has 3 N–H and O–H groups in total. The summed E-state index contributed by atoms with van der Waals surface area (Å²) in [4.78, 5) is 11.8. The zero-order valence-electron chi connectivity index (χ0n) is 9.83. The number of amides is 1. The second-order valence-corrected chi connectivity index (χ2v) is 4.65. The average Bonchev–Trinajstić information content (AvgIpc) is 2.30. The maximum absolute atomic E-state index is 11.8. The molecule has 0 aliphatic carbocycles. The van der Waals surface area contributed by atoms with Gasteiger partial charge in [-0.2, -0.15) is 0 Å². The van der Waals surface area contributed by atoms with Gasteiger partial charge in [0.1, 0.15) is 5.60 Å². The number of halogens is 1. The molecule has 5 heteroatoms. The molecule has 0 aliphatic rings. The molecule has 0 heterocycles. The summed E-state index contributed by atoms with van der Waals surface area (Å²) in [7, 11) is 0. The zero-order valence-corrected chi connectivity index (χ0v) is 10.6. The molecule has 1 atom stereocenters. The highest BCUT2D eigenvalue weighted by Crippen LogP contribution is 2.20. The van der Waals surface area contributed by atoms with Crippen LogP contribution in [0, 0.1) is 6.92 Å². The van der Waals surface area contributed by atoms with Gasteiger partial charge in [0.2, 0.25) is 0 Å². The Morgan fingerprint density at radius 2 is 2.18 bits per heavy atom. The average molecular weight is 258 g/mol. The van der Waals surface area contributed by atoms with Crippen LogP contribution in [0.2, 0.25) is 5.02 Å². The van der Waals surface area contributed by atoms with E-state index in [4.69, 9.17) is 16.7 Å². The number of carbonyl (C=O) groups is 1. The van der Waals surface area contributed by atoms with Crippen molar-refractivity contribution in [2.24, 2.45) is 0 Å². The predicted molar refractivity (Wildman–Crippen MR) is 66.2 cm³/mol. The summed E-state index contributed by atoms with van der Waals surface area (Å²) < 4.78 is 0. The Balaban J connectivity index is 2.74. The van der Waals surface area contributed by atoms with Crippen LogP contribution < -0.4 is 5.32 Å². The van der Waals surface area contributed by atoms with Gasteiger partial charge in [-0.05, 0) is 25.5 Å². The van der Waals surface area contributed by atoms with E-state index in [0.717, 1.165) is 5.56 Å². The van der Waals surface area contributed by atoms with Crippen LogP contribution in [0.5, 0.6) is 0 Å². The molecule has 17 heavy (non-hydrogen) atoms. The highest BCUT2D eigenvalue weighted by Gasteiger charge is 2.21. The van der Waals surface area contributed by atoms with Crippen molar-refractivity contribution >= 4 is 17.5 Å². The first-order chi connectivity index (χ1) is 7.87. The molecule has 1 aromatic rings. The summed E-state index contributed by atoms with van der Waals surface area (Å²) in [6.07, 6.45) is 0. The number of hydrogen-bond acceptors (Lipinski definition) is 3. The molecule has 0 saturated carbocycles. The topological polar surface area (TPSA) is 69.6 Å². The van der Waals surface area contributed by atoms with Crippen LogP contribution in [0.15, 0.2) is 18.2 Å². The summed E-state index contributed by atoms with van der Waals surface area (Å²) in [5, 5.41) is 21.3. The van der Waals surface area contributed by atoms with E-state index in [-0.39, 0.29) is 12.5 Å². The fourth-order valence-corrected chi connectivity index (χ4v) is 1.46. The van der Waals surface area contributed by atoms with Crippen molar-refractivity contribution in [3.8, 4) is 0 Å². The van der Waals surface area contributed by atoms with Gasteiger partial charge in [-0.3, -0.25) is 4.79 Å². The quantitative estimate of drug-likeness (QED) is 0.757. The van der Waals surface area contributed by atoms with Crippen molar-refractivity contribution in [1.29, 1.82) is 0 Å². The van der Waals surface area contributed by atoms with Crippen LogP contribution in [0.25, 0.3) is 0 Å². The molecule has 0 fully saturated rings. The molecule has 1 aromatic carbocycles. The third kappa shape index (κ3) is 3.70. The van der Waals surface area contributed by atoms with Crippen molar-refractivity contribution in [1.82, 2.24) is 5.32 Å². The Morgan fingerprint density at radius 1 is 1.53 bits per heavy atom. The van der Waals surface area contributed by atoms with E-state index < -0.39 is 12.2 Å². The Kier molecular flexibility index (Phi) is 4.51. The number of aryl methyl sites for hydroxylation is 1. The SMILES string of the molecule is Cc1cccc(C(=O)NCC(C)(O)CO)c1Cl.